The molecular weight excluding hydrogens is 322 g/mol. The number of carbonyl (C=O) groups excluding carboxylic acids is 1. The molecule has 0 aliphatic carbocycles. The molecule has 1 fully saturated rings. The van der Waals surface area contributed by atoms with Gasteiger partial charge in [-0.15, -0.1) is 5.10 Å². The topological polar surface area (TPSA) is 116 Å². The highest BCUT2D eigenvalue weighted by atomic mass is 32.2. The fourth-order valence-electron chi connectivity index (χ4n) is 2.30. The monoisotopic (exact) mass is 337 g/mol. The number of amides is 1. The molecule has 2 aromatic rings. The number of carbonyl (C=O) groups is 1. The summed E-state index contributed by atoms with van der Waals surface area (Å²) in [6, 6.07) is 6.59. The van der Waals surface area contributed by atoms with Gasteiger partial charge in [-0.25, -0.2) is 13.1 Å². The predicted octanol–water partition coefficient (Wildman–Crippen LogP) is -0.656. The van der Waals surface area contributed by atoms with Crippen molar-refractivity contribution in [2.24, 2.45) is 0 Å². The first-order chi connectivity index (χ1) is 11.0. The third-order valence-corrected chi connectivity index (χ3v) is 5.19. The van der Waals surface area contributed by atoms with Gasteiger partial charge in [0.25, 0.3) is 5.91 Å². The highest BCUT2D eigenvalue weighted by molar-refractivity contribution is 7.91. The summed E-state index contributed by atoms with van der Waals surface area (Å²) in [5, 5.41) is 13.5. The first-order valence-corrected chi connectivity index (χ1v) is 8.80. The van der Waals surface area contributed by atoms with Crippen LogP contribution in [-0.2, 0) is 14.6 Å². The van der Waals surface area contributed by atoms with E-state index in [1.807, 2.05) is 0 Å². The van der Waals surface area contributed by atoms with Crippen molar-refractivity contribution < 1.29 is 17.9 Å². The van der Waals surface area contributed by atoms with Crippen molar-refractivity contribution in [1.29, 1.82) is 0 Å². The zero-order chi connectivity index (χ0) is 16.3. The molecule has 23 heavy (non-hydrogen) atoms. The van der Waals surface area contributed by atoms with Gasteiger partial charge in [-0.1, -0.05) is 0 Å². The summed E-state index contributed by atoms with van der Waals surface area (Å²) in [7, 11) is -3.01. The molecule has 122 valence electrons. The Bertz CT molecular complexity index is 773. The average Bonchev–Trinajstić information content (AvgIpc) is 3.15. The quantitative estimate of drug-likeness (QED) is 0.770. The van der Waals surface area contributed by atoms with Crippen molar-refractivity contribution in [3.63, 3.8) is 0 Å². The van der Waals surface area contributed by atoms with Crippen LogP contribution in [0, 0.1) is 0 Å². The summed E-state index contributed by atoms with van der Waals surface area (Å²) in [4.78, 5) is 11.8. The van der Waals surface area contributed by atoms with Crippen molar-refractivity contribution in [1.82, 2.24) is 25.5 Å². The Morgan fingerprint density at radius 3 is 2.74 bits per heavy atom. The van der Waals surface area contributed by atoms with Crippen molar-refractivity contribution in [3.8, 4) is 11.4 Å². The van der Waals surface area contributed by atoms with E-state index in [9.17, 15) is 13.2 Å². The lowest BCUT2D eigenvalue weighted by Crippen LogP contribution is -2.38. The number of nitrogens with one attached hydrogen (secondary N) is 1. The number of benzene rings is 1. The largest absolute Gasteiger partial charge is 0.484 e. The summed E-state index contributed by atoms with van der Waals surface area (Å²) >= 11 is 0. The molecule has 1 amide bonds. The third kappa shape index (κ3) is 4.03. The molecule has 10 heteroatoms. The maximum Gasteiger partial charge on any atom is 0.258 e. The zero-order valence-corrected chi connectivity index (χ0v) is 12.9. The molecule has 3 rings (SSSR count). The summed E-state index contributed by atoms with van der Waals surface area (Å²) in [6.07, 6.45) is 1.92. The average molecular weight is 337 g/mol. The van der Waals surface area contributed by atoms with Gasteiger partial charge in [0.2, 0.25) is 0 Å². The Kier molecular flexibility index (Phi) is 4.24. The molecule has 1 aromatic carbocycles. The summed E-state index contributed by atoms with van der Waals surface area (Å²) in [6.45, 7) is -0.166. The molecule has 0 radical (unpaired) electrons. The van der Waals surface area contributed by atoms with Gasteiger partial charge in [0.15, 0.2) is 16.4 Å². The van der Waals surface area contributed by atoms with Gasteiger partial charge in [-0.3, -0.25) is 4.79 Å². The Labute approximate surface area is 132 Å². The molecule has 1 aromatic heterocycles. The van der Waals surface area contributed by atoms with Gasteiger partial charge < -0.3 is 10.1 Å². The van der Waals surface area contributed by atoms with Gasteiger partial charge in [0, 0.05) is 6.04 Å². The third-order valence-electron chi connectivity index (χ3n) is 3.42. The normalized spacial score (nSPS) is 19.4. The number of hydrogen-bond donors (Lipinski definition) is 1. The minimum Gasteiger partial charge on any atom is -0.484 e. The summed E-state index contributed by atoms with van der Waals surface area (Å²) in [5.41, 5.74) is 0.767. The van der Waals surface area contributed by atoms with Crippen LogP contribution in [0.1, 0.15) is 6.42 Å². The first-order valence-electron chi connectivity index (χ1n) is 6.98. The lowest BCUT2D eigenvalue weighted by molar-refractivity contribution is -0.123. The minimum absolute atomic E-state index is 0.000617. The Morgan fingerprint density at radius 2 is 2.13 bits per heavy atom. The Balaban J connectivity index is 1.49. The lowest BCUT2D eigenvalue weighted by atomic mass is 10.2. The van der Waals surface area contributed by atoms with E-state index in [0.29, 0.717) is 12.2 Å². The molecule has 0 unspecified atom stereocenters. The molecule has 1 atom stereocenters. The van der Waals surface area contributed by atoms with E-state index in [-0.39, 0.29) is 30.1 Å². The molecule has 1 aliphatic rings. The highest BCUT2D eigenvalue weighted by Gasteiger charge is 2.28. The van der Waals surface area contributed by atoms with Crippen molar-refractivity contribution in [3.05, 3.63) is 30.6 Å². The Hall–Kier alpha value is -2.49. The first kappa shape index (κ1) is 15.4. The standard InChI is InChI=1S/C13H15N5O4S/c19-13(15-10-5-6-23(20,21)8-10)7-22-12-3-1-11(2-4-12)18-9-14-16-17-18/h1-4,9-10H,5-8H2,(H,15,19)/t10-/m1/s1. The smallest absolute Gasteiger partial charge is 0.258 e. The molecule has 1 saturated heterocycles. The summed E-state index contributed by atoms with van der Waals surface area (Å²) < 4.78 is 29.5. The summed E-state index contributed by atoms with van der Waals surface area (Å²) in [5.74, 6) is 0.309. The molecule has 2 heterocycles. The van der Waals surface area contributed by atoms with Crippen LogP contribution in [-0.4, -0.2) is 58.7 Å². The van der Waals surface area contributed by atoms with Crippen LogP contribution in [0.5, 0.6) is 5.75 Å². The van der Waals surface area contributed by atoms with Crippen molar-refractivity contribution >= 4 is 15.7 Å². The number of hydrogen-bond acceptors (Lipinski definition) is 7. The van der Waals surface area contributed by atoms with Crippen molar-refractivity contribution in [2.45, 2.75) is 12.5 Å². The van der Waals surface area contributed by atoms with E-state index in [1.54, 1.807) is 24.3 Å². The van der Waals surface area contributed by atoms with Crippen LogP contribution >= 0.6 is 0 Å². The molecule has 0 spiro atoms. The SMILES string of the molecule is O=C(COc1ccc(-n2cnnn2)cc1)N[C@@H]1CCS(=O)(=O)C1. The Morgan fingerprint density at radius 1 is 1.35 bits per heavy atom. The zero-order valence-electron chi connectivity index (χ0n) is 12.1. The second kappa shape index (κ2) is 6.32. The second-order valence-corrected chi connectivity index (χ2v) is 7.43. The molecule has 9 nitrogen and oxygen atoms in total. The molecule has 1 N–H and O–H groups in total. The number of sulfone groups is 1. The van der Waals surface area contributed by atoms with Gasteiger partial charge in [-0.05, 0) is 41.1 Å². The number of rotatable bonds is 5. The fourth-order valence-corrected chi connectivity index (χ4v) is 3.98. The van der Waals surface area contributed by atoms with Gasteiger partial charge in [0.05, 0.1) is 17.2 Å². The van der Waals surface area contributed by atoms with E-state index in [4.69, 9.17) is 4.74 Å². The maximum absolute atomic E-state index is 11.8. The maximum atomic E-state index is 11.8. The molecule has 1 aliphatic heterocycles. The van der Waals surface area contributed by atoms with Crippen molar-refractivity contribution in [2.75, 3.05) is 18.1 Å². The van der Waals surface area contributed by atoms with E-state index >= 15 is 0 Å². The molecule has 0 saturated carbocycles. The van der Waals surface area contributed by atoms with Gasteiger partial charge in [0.1, 0.15) is 12.1 Å². The lowest BCUT2D eigenvalue weighted by Gasteiger charge is -2.11. The van der Waals surface area contributed by atoms with E-state index < -0.39 is 9.84 Å². The van der Waals surface area contributed by atoms with Gasteiger partial charge in [-0.2, -0.15) is 0 Å². The number of nitrogens with zero attached hydrogens (tertiary/aromatic N) is 4. The minimum atomic E-state index is -3.01. The van der Waals surface area contributed by atoms with Crippen LogP contribution in [0.4, 0.5) is 0 Å². The second-order valence-electron chi connectivity index (χ2n) is 5.20. The number of ether oxygens (including phenoxy) is 1. The van der Waals surface area contributed by atoms with Crippen LogP contribution in [0.25, 0.3) is 5.69 Å². The van der Waals surface area contributed by atoms with E-state index in [2.05, 4.69) is 20.8 Å². The number of tetrazole rings is 1. The predicted molar refractivity (Wildman–Crippen MR) is 79.9 cm³/mol. The van der Waals surface area contributed by atoms with E-state index in [0.717, 1.165) is 5.69 Å². The fraction of sp³-hybridized carbons (Fsp3) is 0.385. The number of aromatic nitrogens is 4. The van der Waals surface area contributed by atoms with Crippen LogP contribution < -0.4 is 10.1 Å². The van der Waals surface area contributed by atoms with Crippen LogP contribution in [0.3, 0.4) is 0 Å². The molecular formula is C13H15N5O4S. The highest BCUT2D eigenvalue weighted by Crippen LogP contribution is 2.14. The van der Waals surface area contributed by atoms with Crippen LogP contribution in [0.15, 0.2) is 30.6 Å². The molecule has 0 bridgehead atoms. The van der Waals surface area contributed by atoms with Crippen LogP contribution in [0.2, 0.25) is 0 Å². The van der Waals surface area contributed by atoms with E-state index in [1.165, 1.54) is 11.0 Å². The van der Waals surface area contributed by atoms with Gasteiger partial charge >= 0.3 is 0 Å².